The first kappa shape index (κ1) is 29.4. The lowest BCUT2D eigenvalue weighted by Gasteiger charge is -2.24. The van der Waals surface area contributed by atoms with Gasteiger partial charge in [-0.1, -0.05) is 48.5 Å². The molecule has 4 aromatic rings. The summed E-state index contributed by atoms with van der Waals surface area (Å²) in [7, 11) is -2.73. The summed E-state index contributed by atoms with van der Waals surface area (Å²) < 4.78 is 43.3. The molecule has 2 aromatic heterocycles. The van der Waals surface area contributed by atoms with Gasteiger partial charge in [0.1, 0.15) is 24.5 Å². The molecule has 2 aromatic carbocycles. The van der Waals surface area contributed by atoms with Crippen LogP contribution in [0.1, 0.15) is 25.1 Å². The van der Waals surface area contributed by atoms with E-state index >= 15 is 0 Å². The molecular formula is C27H31N6O8P. The van der Waals surface area contributed by atoms with E-state index < -0.39 is 38.2 Å². The molecule has 42 heavy (non-hydrogen) atoms. The van der Waals surface area contributed by atoms with Crippen molar-refractivity contribution in [2.45, 2.75) is 44.4 Å². The summed E-state index contributed by atoms with van der Waals surface area (Å²) in [5.41, 5.74) is 7.40. The van der Waals surface area contributed by atoms with E-state index in [0.29, 0.717) is 11.2 Å². The van der Waals surface area contributed by atoms with Crippen molar-refractivity contribution in [2.75, 3.05) is 19.5 Å². The van der Waals surface area contributed by atoms with E-state index in [9.17, 15) is 14.5 Å². The molecule has 1 aliphatic rings. The third kappa shape index (κ3) is 6.86. The van der Waals surface area contributed by atoms with Gasteiger partial charge in [-0.05, 0) is 24.6 Å². The number of ether oxygens (including phenoxy) is 3. The number of rotatable bonds is 12. The fourth-order valence-electron chi connectivity index (χ4n) is 4.32. The number of carbonyl (C=O) groups excluding carboxylic acids is 1. The zero-order valence-corrected chi connectivity index (χ0v) is 23.8. The van der Waals surface area contributed by atoms with Gasteiger partial charge in [0.25, 0.3) is 0 Å². The number of benzene rings is 2. The molecule has 0 aliphatic carbocycles. The lowest BCUT2D eigenvalue weighted by molar-refractivity contribution is -0.146. The first-order chi connectivity index (χ1) is 20.2. The Bertz CT molecular complexity index is 1560. The molecule has 0 bridgehead atoms. The summed E-state index contributed by atoms with van der Waals surface area (Å²) in [4.78, 5) is 25.2. The predicted molar refractivity (Wildman–Crippen MR) is 150 cm³/mol. The molecule has 1 unspecified atom stereocenters. The van der Waals surface area contributed by atoms with Crippen molar-refractivity contribution in [1.29, 1.82) is 0 Å². The highest BCUT2D eigenvalue weighted by molar-refractivity contribution is 7.52. The number of fused-ring (bicyclic) bond motifs is 1. The van der Waals surface area contributed by atoms with E-state index in [0.717, 1.165) is 5.56 Å². The quantitative estimate of drug-likeness (QED) is 0.160. The second-order valence-corrected chi connectivity index (χ2v) is 11.2. The maximum Gasteiger partial charge on any atom is 0.459 e. The number of methoxy groups -OCH3 is 1. The smallest absolute Gasteiger partial charge is 0.459 e. The summed E-state index contributed by atoms with van der Waals surface area (Å²) >= 11 is 0. The summed E-state index contributed by atoms with van der Waals surface area (Å²) in [6, 6.07) is 16.6. The number of carbonyl (C=O) groups is 1. The van der Waals surface area contributed by atoms with Crippen LogP contribution in [0.5, 0.6) is 11.8 Å². The van der Waals surface area contributed by atoms with Gasteiger partial charge in [0.15, 0.2) is 23.2 Å². The number of nitrogens with one attached hydrogen (secondary N) is 1. The number of nitrogens with zero attached hydrogens (tertiary/aromatic N) is 4. The average molecular weight is 599 g/mol. The van der Waals surface area contributed by atoms with Crippen molar-refractivity contribution >= 4 is 30.7 Å². The summed E-state index contributed by atoms with van der Waals surface area (Å²) in [5, 5.41) is 13.5. The Hall–Kier alpha value is -4.07. The molecule has 5 rings (SSSR count). The second kappa shape index (κ2) is 12.8. The Labute approximate surface area is 241 Å². The van der Waals surface area contributed by atoms with Gasteiger partial charge in [-0.25, -0.2) is 9.55 Å². The van der Waals surface area contributed by atoms with Crippen LogP contribution in [0.25, 0.3) is 11.2 Å². The largest absolute Gasteiger partial charge is 0.467 e. The third-order valence-corrected chi connectivity index (χ3v) is 8.02. The van der Waals surface area contributed by atoms with Crippen molar-refractivity contribution in [1.82, 2.24) is 24.6 Å². The monoisotopic (exact) mass is 598 g/mol. The Balaban J connectivity index is 1.26. The molecule has 0 spiro atoms. The Morgan fingerprint density at radius 3 is 2.62 bits per heavy atom. The number of anilines is 1. The minimum atomic E-state index is -4.14. The highest BCUT2D eigenvalue weighted by Crippen LogP contribution is 2.46. The molecule has 1 aliphatic heterocycles. The van der Waals surface area contributed by atoms with Crippen molar-refractivity contribution in [3.8, 4) is 11.8 Å². The topological polar surface area (TPSA) is 182 Å². The zero-order chi connectivity index (χ0) is 29.7. The number of aromatic nitrogens is 4. The summed E-state index contributed by atoms with van der Waals surface area (Å²) in [6.45, 7) is 1.32. The molecule has 5 atom stereocenters. The second-order valence-electron chi connectivity index (χ2n) is 9.51. The van der Waals surface area contributed by atoms with E-state index in [1.54, 1.807) is 30.3 Å². The van der Waals surface area contributed by atoms with Crippen molar-refractivity contribution in [3.05, 3.63) is 72.6 Å². The van der Waals surface area contributed by atoms with Gasteiger partial charge >= 0.3 is 19.7 Å². The van der Waals surface area contributed by atoms with Crippen LogP contribution in [0.2, 0.25) is 0 Å². The predicted octanol–water partition coefficient (Wildman–Crippen LogP) is 2.99. The normalized spacial score (nSPS) is 20.6. The van der Waals surface area contributed by atoms with Crippen LogP contribution >= 0.6 is 7.75 Å². The van der Waals surface area contributed by atoms with E-state index in [1.165, 1.54) is 24.9 Å². The van der Waals surface area contributed by atoms with Gasteiger partial charge in [-0.3, -0.25) is 13.9 Å². The minimum absolute atomic E-state index is 0.0376. The van der Waals surface area contributed by atoms with Crippen LogP contribution in [0, 0.1) is 0 Å². The van der Waals surface area contributed by atoms with Crippen LogP contribution in [-0.4, -0.2) is 62.6 Å². The highest BCUT2D eigenvalue weighted by atomic mass is 31.2. The number of esters is 1. The molecular weight excluding hydrogens is 567 g/mol. The van der Waals surface area contributed by atoms with E-state index in [4.69, 9.17) is 29.0 Å². The molecule has 0 saturated carbocycles. The SMILES string of the molecule is COc1nc(N)c2ncn([C@@H]3O[C@H](COP(=O)(N[C@@H](C)C(=O)OCc4ccccc4)Oc4ccccc4)C[C@@H]3O)c2n1. The highest BCUT2D eigenvalue weighted by Gasteiger charge is 2.39. The summed E-state index contributed by atoms with van der Waals surface area (Å²) in [5.74, 6) is -0.264. The van der Waals surface area contributed by atoms with E-state index in [-0.39, 0.29) is 37.2 Å². The third-order valence-electron chi connectivity index (χ3n) is 6.38. The van der Waals surface area contributed by atoms with Crippen LogP contribution < -0.4 is 20.1 Å². The number of aliphatic hydroxyl groups excluding tert-OH is 1. The maximum absolute atomic E-state index is 13.9. The van der Waals surface area contributed by atoms with Gasteiger partial charge in [-0.15, -0.1) is 0 Å². The first-order valence-electron chi connectivity index (χ1n) is 13.1. The Morgan fingerprint density at radius 2 is 1.90 bits per heavy atom. The molecule has 4 N–H and O–H groups in total. The molecule has 0 amide bonds. The molecule has 0 radical (unpaired) electrons. The number of nitrogens with two attached hydrogens (primary N) is 1. The maximum atomic E-state index is 13.9. The average Bonchev–Trinajstić information content (AvgIpc) is 3.58. The number of hydrogen-bond acceptors (Lipinski definition) is 12. The van der Waals surface area contributed by atoms with Gasteiger partial charge in [0.2, 0.25) is 0 Å². The number of imidazole rings is 1. The van der Waals surface area contributed by atoms with Crippen LogP contribution in [-0.2, 0) is 30.0 Å². The standard InChI is InChI=1S/C27H31N6O8P/c1-17(26(35)38-14-18-9-5-3-6-10-18)32-42(36,41-19-11-7-4-8-12-19)39-15-20-13-21(34)25(40-20)33-16-29-22-23(28)30-27(37-2)31-24(22)33/h3-12,16-17,20-21,25,34H,13-15H2,1-2H3,(H,32,36)(H2,28,30,31)/t17-,20-,21-,25+,42?/m0/s1. The fraction of sp³-hybridized carbons (Fsp3) is 0.333. The minimum Gasteiger partial charge on any atom is -0.467 e. The van der Waals surface area contributed by atoms with E-state index in [1.807, 2.05) is 30.3 Å². The van der Waals surface area contributed by atoms with Gasteiger partial charge in [-0.2, -0.15) is 15.1 Å². The Morgan fingerprint density at radius 1 is 1.19 bits per heavy atom. The lowest BCUT2D eigenvalue weighted by atomic mass is 10.2. The van der Waals surface area contributed by atoms with Crippen molar-refractivity contribution in [3.63, 3.8) is 0 Å². The van der Waals surface area contributed by atoms with Crippen LogP contribution in [0.4, 0.5) is 5.82 Å². The number of nitrogen functional groups attached to an aromatic ring is 1. The van der Waals surface area contributed by atoms with Crippen molar-refractivity contribution < 1.29 is 37.7 Å². The molecule has 1 fully saturated rings. The van der Waals surface area contributed by atoms with E-state index in [2.05, 4.69) is 20.0 Å². The summed E-state index contributed by atoms with van der Waals surface area (Å²) in [6.07, 6.45) is -0.995. The van der Waals surface area contributed by atoms with Crippen LogP contribution in [0.15, 0.2) is 67.0 Å². The molecule has 3 heterocycles. The molecule has 222 valence electrons. The number of hydrogen-bond donors (Lipinski definition) is 3. The molecule has 14 nitrogen and oxygen atoms in total. The zero-order valence-electron chi connectivity index (χ0n) is 22.9. The van der Waals surface area contributed by atoms with Gasteiger partial charge in [0, 0.05) is 6.42 Å². The molecule has 1 saturated heterocycles. The first-order valence-corrected chi connectivity index (χ1v) is 14.6. The Kier molecular flexibility index (Phi) is 9.00. The van der Waals surface area contributed by atoms with Crippen molar-refractivity contribution in [2.24, 2.45) is 0 Å². The number of para-hydroxylation sites is 1. The fourth-order valence-corrected chi connectivity index (χ4v) is 5.84. The lowest BCUT2D eigenvalue weighted by Crippen LogP contribution is -2.35. The van der Waals surface area contributed by atoms with Crippen LogP contribution in [0.3, 0.4) is 0 Å². The van der Waals surface area contributed by atoms with Gasteiger partial charge < -0.3 is 29.6 Å². The van der Waals surface area contributed by atoms with Gasteiger partial charge in [0.05, 0.1) is 26.1 Å². The number of aliphatic hydroxyl groups is 1. The molecule has 15 heteroatoms.